The third kappa shape index (κ3) is 2.24. The maximum Gasteiger partial charge on any atom is 0.137 e. The molecule has 4 aromatic rings. The monoisotopic (exact) mass is 293 g/mol. The molecule has 2 N–H and O–H groups in total. The van der Waals surface area contributed by atoms with Gasteiger partial charge in [0, 0.05) is 5.39 Å². The molecule has 108 valence electrons. The van der Waals surface area contributed by atoms with Crippen molar-refractivity contribution in [3.8, 4) is 0 Å². The van der Waals surface area contributed by atoms with Gasteiger partial charge in [0.25, 0.3) is 0 Å². The molecule has 0 bridgehead atoms. The number of hydrogen-bond donors (Lipinski definition) is 2. The zero-order chi connectivity index (χ0) is 14.9. The molecule has 0 saturated carbocycles. The van der Waals surface area contributed by atoms with Crippen LogP contribution in [0.25, 0.3) is 21.9 Å². The Balaban J connectivity index is 1.64. The number of benzene rings is 2. The second-order valence-corrected chi connectivity index (χ2v) is 4.94. The molecule has 2 aromatic carbocycles. The summed E-state index contributed by atoms with van der Waals surface area (Å²) in [5.41, 5.74) is 2.60. The molecular weight excluding hydrogens is 281 g/mol. The highest BCUT2D eigenvalue weighted by Gasteiger charge is 2.06. The molecule has 0 aliphatic heterocycles. The van der Waals surface area contributed by atoms with Crippen LogP contribution in [0.1, 0.15) is 5.82 Å². The van der Waals surface area contributed by atoms with E-state index in [0.29, 0.717) is 23.3 Å². The van der Waals surface area contributed by atoms with Gasteiger partial charge in [-0.25, -0.2) is 19.3 Å². The van der Waals surface area contributed by atoms with Crippen molar-refractivity contribution in [1.29, 1.82) is 0 Å². The number of anilines is 1. The standard InChI is InChI=1S/C16H12FN5/c17-10-5-6-12-11(7-10)16(20-9-19-12)18-8-15-21-13-3-1-2-4-14(13)22-15/h1-7,9H,8H2,(H,21,22)(H,18,19,20). The van der Waals surface area contributed by atoms with Gasteiger partial charge in [-0.15, -0.1) is 0 Å². The molecule has 2 aromatic heterocycles. The number of hydrogen-bond acceptors (Lipinski definition) is 4. The van der Waals surface area contributed by atoms with E-state index in [9.17, 15) is 4.39 Å². The minimum Gasteiger partial charge on any atom is -0.362 e. The van der Waals surface area contributed by atoms with Crippen LogP contribution >= 0.6 is 0 Å². The summed E-state index contributed by atoms with van der Waals surface area (Å²) < 4.78 is 13.4. The average Bonchev–Trinajstić information content (AvgIpc) is 2.95. The van der Waals surface area contributed by atoms with Crippen LogP contribution in [0.3, 0.4) is 0 Å². The van der Waals surface area contributed by atoms with Crippen molar-refractivity contribution in [2.45, 2.75) is 6.54 Å². The maximum absolute atomic E-state index is 13.4. The second-order valence-electron chi connectivity index (χ2n) is 4.94. The normalized spacial score (nSPS) is 11.1. The van der Waals surface area contributed by atoms with E-state index in [1.165, 1.54) is 18.5 Å². The third-order valence-corrected chi connectivity index (χ3v) is 3.46. The lowest BCUT2D eigenvalue weighted by molar-refractivity contribution is 0.629. The van der Waals surface area contributed by atoms with E-state index in [4.69, 9.17) is 0 Å². The van der Waals surface area contributed by atoms with E-state index >= 15 is 0 Å². The lowest BCUT2D eigenvalue weighted by Crippen LogP contribution is -2.04. The predicted octanol–water partition coefficient (Wildman–Crippen LogP) is 3.26. The van der Waals surface area contributed by atoms with Crippen LogP contribution in [0.5, 0.6) is 0 Å². The fourth-order valence-electron chi connectivity index (χ4n) is 2.43. The molecule has 0 radical (unpaired) electrons. The van der Waals surface area contributed by atoms with Crippen molar-refractivity contribution < 1.29 is 4.39 Å². The minimum absolute atomic E-state index is 0.311. The number of aromatic amines is 1. The summed E-state index contributed by atoms with van der Waals surface area (Å²) in [5, 5.41) is 3.83. The fourth-order valence-corrected chi connectivity index (χ4v) is 2.43. The van der Waals surface area contributed by atoms with Gasteiger partial charge in [-0.1, -0.05) is 12.1 Å². The summed E-state index contributed by atoms with van der Waals surface area (Å²) in [6.45, 7) is 0.470. The van der Waals surface area contributed by atoms with Gasteiger partial charge in [-0.2, -0.15) is 0 Å². The zero-order valence-electron chi connectivity index (χ0n) is 11.5. The van der Waals surface area contributed by atoms with E-state index in [0.717, 1.165) is 16.9 Å². The molecule has 0 saturated heterocycles. The predicted molar refractivity (Wildman–Crippen MR) is 82.9 cm³/mol. The molecule has 0 aliphatic rings. The van der Waals surface area contributed by atoms with E-state index in [-0.39, 0.29) is 5.82 Å². The van der Waals surface area contributed by atoms with Crippen LogP contribution in [-0.2, 0) is 6.54 Å². The largest absolute Gasteiger partial charge is 0.362 e. The summed E-state index contributed by atoms with van der Waals surface area (Å²) in [6, 6.07) is 12.3. The Kier molecular flexibility index (Phi) is 2.93. The van der Waals surface area contributed by atoms with Crippen LogP contribution in [0, 0.1) is 5.82 Å². The molecule has 4 rings (SSSR count). The van der Waals surface area contributed by atoms with E-state index in [2.05, 4.69) is 25.3 Å². The van der Waals surface area contributed by atoms with Crippen LogP contribution in [0.4, 0.5) is 10.2 Å². The smallest absolute Gasteiger partial charge is 0.137 e. The average molecular weight is 293 g/mol. The van der Waals surface area contributed by atoms with Crippen molar-refractivity contribution in [3.63, 3.8) is 0 Å². The van der Waals surface area contributed by atoms with Crippen LogP contribution in [0.15, 0.2) is 48.8 Å². The summed E-state index contributed by atoms with van der Waals surface area (Å²) in [7, 11) is 0. The van der Waals surface area contributed by atoms with Gasteiger partial charge in [-0.3, -0.25) is 0 Å². The van der Waals surface area contributed by atoms with Gasteiger partial charge in [0.05, 0.1) is 23.1 Å². The van der Waals surface area contributed by atoms with Crippen LogP contribution < -0.4 is 5.32 Å². The van der Waals surface area contributed by atoms with Gasteiger partial charge < -0.3 is 10.3 Å². The molecular formula is C16H12FN5. The zero-order valence-corrected chi connectivity index (χ0v) is 11.5. The van der Waals surface area contributed by atoms with Crippen molar-refractivity contribution in [3.05, 3.63) is 60.4 Å². The summed E-state index contributed by atoms with van der Waals surface area (Å²) in [5.74, 6) is 1.07. The Labute approximate surface area is 125 Å². The molecule has 0 atom stereocenters. The number of fused-ring (bicyclic) bond motifs is 2. The number of nitrogens with zero attached hydrogens (tertiary/aromatic N) is 3. The highest BCUT2D eigenvalue weighted by atomic mass is 19.1. The Morgan fingerprint density at radius 1 is 1.05 bits per heavy atom. The van der Waals surface area contributed by atoms with E-state index in [1.807, 2.05) is 24.3 Å². The number of halogens is 1. The first-order valence-corrected chi connectivity index (χ1v) is 6.87. The SMILES string of the molecule is Fc1ccc2ncnc(NCc3nc4ccccc4[nH]3)c2c1. The Morgan fingerprint density at radius 3 is 2.86 bits per heavy atom. The lowest BCUT2D eigenvalue weighted by atomic mass is 10.2. The minimum atomic E-state index is -0.311. The molecule has 5 nitrogen and oxygen atoms in total. The van der Waals surface area contributed by atoms with E-state index < -0.39 is 0 Å². The van der Waals surface area contributed by atoms with Gasteiger partial charge in [0.2, 0.25) is 0 Å². The number of para-hydroxylation sites is 2. The highest BCUT2D eigenvalue weighted by molar-refractivity contribution is 5.88. The molecule has 0 aliphatic carbocycles. The number of rotatable bonds is 3. The molecule has 0 fully saturated rings. The topological polar surface area (TPSA) is 66.5 Å². The molecule has 0 unspecified atom stereocenters. The molecule has 6 heteroatoms. The van der Waals surface area contributed by atoms with Gasteiger partial charge in [0.15, 0.2) is 0 Å². The Morgan fingerprint density at radius 2 is 1.95 bits per heavy atom. The fraction of sp³-hybridized carbons (Fsp3) is 0.0625. The van der Waals surface area contributed by atoms with E-state index in [1.54, 1.807) is 6.07 Å². The highest BCUT2D eigenvalue weighted by Crippen LogP contribution is 2.20. The first-order chi connectivity index (χ1) is 10.8. The van der Waals surface area contributed by atoms with Crippen LogP contribution in [-0.4, -0.2) is 19.9 Å². The summed E-state index contributed by atoms with van der Waals surface area (Å²) in [6.07, 6.45) is 1.46. The first-order valence-electron chi connectivity index (χ1n) is 6.87. The van der Waals surface area contributed by atoms with Crippen molar-refractivity contribution >= 4 is 27.8 Å². The first kappa shape index (κ1) is 12.7. The number of nitrogens with one attached hydrogen (secondary N) is 2. The Bertz CT molecular complexity index is 930. The van der Waals surface area contributed by atoms with Crippen molar-refractivity contribution in [2.75, 3.05) is 5.32 Å². The van der Waals surface area contributed by atoms with Crippen LogP contribution in [0.2, 0.25) is 0 Å². The lowest BCUT2D eigenvalue weighted by Gasteiger charge is -2.06. The quantitative estimate of drug-likeness (QED) is 0.608. The Hall–Kier alpha value is -3.02. The molecule has 2 heterocycles. The summed E-state index contributed by atoms with van der Waals surface area (Å²) >= 11 is 0. The van der Waals surface area contributed by atoms with Crippen molar-refractivity contribution in [1.82, 2.24) is 19.9 Å². The molecule has 0 amide bonds. The van der Waals surface area contributed by atoms with Gasteiger partial charge in [-0.05, 0) is 30.3 Å². The third-order valence-electron chi connectivity index (χ3n) is 3.46. The number of imidazole rings is 1. The van der Waals surface area contributed by atoms with Gasteiger partial charge >= 0.3 is 0 Å². The van der Waals surface area contributed by atoms with Gasteiger partial charge in [0.1, 0.15) is 23.8 Å². The number of aromatic nitrogens is 4. The number of H-pyrrole nitrogens is 1. The summed E-state index contributed by atoms with van der Waals surface area (Å²) in [4.78, 5) is 16.0. The maximum atomic E-state index is 13.4. The van der Waals surface area contributed by atoms with Crippen molar-refractivity contribution in [2.24, 2.45) is 0 Å². The second kappa shape index (κ2) is 5.07. The molecule has 0 spiro atoms. The molecule has 22 heavy (non-hydrogen) atoms.